The largest absolute Gasteiger partial charge is 1.00 e. The molecule has 0 spiro atoms. The number of nitrogens with one attached hydrogen (secondary N) is 1. The van der Waals surface area contributed by atoms with E-state index in [2.05, 4.69) is 62.5 Å². The van der Waals surface area contributed by atoms with Gasteiger partial charge in [-0.05, 0) is 31.2 Å². The number of aryl methyl sites for hydroxylation is 1. The van der Waals surface area contributed by atoms with E-state index >= 15 is 0 Å². The Balaban J connectivity index is 0.00000128. The van der Waals surface area contributed by atoms with E-state index in [0.717, 1.165) is 0 Å². The van der Waals surface area contributed by atoms with Crippen molar-refractivity contribution in [2.45, 2.75) is 6.92 Å². The summed E-state index contributed by atoms with van der Waals surface area (Å²) in [5.74, 6) is 0. The van der Waals surface area contributed by atoms with Crippen LogP contribution >= 0.6 is 0 Å². The molecule has 84 valence electrons. The number of hydrogen-bond acceptors (Lipinski definition) is 0. The van der Waals surface area contributed by atoms with Crippen molar-refractivity contribution in [1.29, 1.82) is 0 Å². The average molecular weight is 325 g/mol. The molecular weight excluding hydrogens is 309 g/mol. The Morgan fingerprint density at radius 1 is 0.750 bits per heavy atom. The van der Waals surface area contributed by atoms with Crippen LogP contribution in [0.3, 0.4) is 0 Å². The Kier molecular flexibility index (Phi) is 4.96. The van der Waals surface area contributed by atoms with Crippen molar-refractivity contribution in [3.05, 3.63) is 60.2 Å². The van der Waals surface area contributed by atoms with Crippen LogP contribution < -0.4 is 28.9 Å². The van der Waals surface area contributed by atoms with Gasteiger partial charge in [0.2, 0.25) is 0 Å². The molecule has 1 atom stereocenters. The van der Waals surface area contributed by atoms with Gasteiger partial charge in [0, 0.05) is 0 Å². The summed E-state index contributed by atoms with van der Waals surface area (Å²) < 4.78 is 0. The molecule has 2 rings (SSSR count). The molecule has 2 aromatic rings. The van der Waals surface area contributed by atoms with Crippen molar-refractivity contribution in [3.63, 3.8) is 0 Å². The van der Waals surface area contributed by atoms with Gasteiger partial charge in [0.25, 0.3) is 0 Å². The molecule has 0 bridgehead atoms. The van der Waals surface area contributed by atoms with Crippen molar-refractivity contribution in [2.75, 3.05) is 7.05 Å². The summed E-state index contributed by atoms with van der Waals surface area (Å²) in [6, 6.07) is 19.2. The second-order valence-corrected chi connectivity index (χ2v) is 3.86. The summed E-state index contributed by atoms with van der Waals surface area (Å²) in [6.07, 6.45) is 0. The van der Waals surface area contributed by atoms with Crippen molar-refractivity contribution in [3.8, 4) is 0 Å². The molecule has 0 aliphatic heterocycles. The minimum absolute atomic E-state index is 0. The first-order chi connectivity index (χ1) is 7.27. The highest BCUT2D eigenvalue weighted by Gasteiger charge is 2.07. The lowest BCUT2D eigenvalue weighted by Crippen LogP contribution is -3.00. The molecule has 0 amide bonds. The Bertz CT molecular complexity index is 422. The third kappa shape index (κ3) is 3.06. The van der Waals surface area contributed by atoms with Crippen LogP contribution in [0.1, 0.15) is 5.56 Å². The number of rotatable bonds is 2. The van der Waals surface area contributed by atoms with Crippen molar-refractivity contribution in [1.82, 2.24) is 0 Å². The zero-order valence-corrected chi connectivity index (χ0v) is 11.7. The molecule has 2 heteroatoms. The van der Waals surface area contributed by atoms with Gasteiger partial charge in [0.15, 0.2) is 0 Å². The van der Waals surface area contributed by atoms with Gasteiger partial charge in [-0.15, -0.1) is 0 Å². The molecule has 0 fully saturated rings. The highest BCUT2D eigenvalue weighted by atomic mass is 127. The monoisotopic (exact) mass is 325 g/mol. The van der Waals surface area contributed by atoms with Gasteiger partial charge in [0.1, 0.15) is 11.4 Å². The van der Waals surface area contributed by atoms with Crippen LogP contribution in [-0.4, -0.2) is 7.05 Å². The van der Waals surface area contributed by atoms with E-state index in [-0.39, 0.29) is 24.0 Å². The Morgan fingerprint density at radius 2 is 1.25 bits per heavy atom. The molecule has 0 aromatic heterocycles. The van der Waals surface area contributed by atoms with Gasteiger partial charge in [-0.2, -0.15) is 0 Å². The van der Waals surface area contributed by atoms with Gasteiger partial charge in [-0.3, -0.25) is 4.90 Å². The van der Waals surface area contributed by atoms with Crippen LogP contribution in [0.25, 0.3) is 0 Å². The summed E-state index contributed by atoms with van der Waals surface area (Å²) in [5, 5.41) is 0. The van der Waals surface area contributed by atoms with E-state index in [9.17, 15) is 0 Å². The molecule has 1 nitrogen and oxygen atoms in total. The summed E-state index contributed by atoms with van der Waals surface area (Å²) >= 11 is 0. The van der Waals surface area contributed by atoms with Crippen molar-refractivity contribution in [2.24, 2.45) is 0 Å². The van der Waals surface area contributed by atoms with Crippen LogP contribution in [0.4, 0.5) is 11.4 Å². The minimum Gasteiger partial charge on any atom is -1.00 e. The number of quaternary nitrogens is 1. The molecule has 1 unspecified atom stereocenters. The number of hydrogen-bond donors (Lipinski definition) is 1. The quantitative estimate of drug-likeness (QED) is 0.709. The van der Waals surface area contributed by atoms with E-state index in [1.165, 1.54) is 21.8 Å². The third-order valence-corrected chi connectivity index (χ3v) is 2.69. The topological polar surface area (TPSA) is 4.44 Å². The minimum atomic E-state index is 0. The zero-order valence-electron chi connectivity index (χ0n) is 9.57. The fourth-order valence-electron chi connectivity index (χ4n) is 1.66. The predicted molar refractivity (Wildman–Crippen MR) is 63.8 cm³/mol. The highest BCUT2D eigenvalue weighted by molar-refractivity contribution is 5.38. The van der Waals surface area contributed by atoms with E-state index in [4.69, 9.17) is 0 Å². The summed E-state index contributed by atoms with van der Waals surface area (Å²) in [5.41, 5.74) is 3.90. The van der Waals surface area contributed by atoms with Crippen LogP contribution in [-0.2, 0) is 0 Å². The SMILES string of the molecule is Cc1ccc([NH+](C)c2ccccc2)cc1.[I-]. The summed E-state index contributed by atoms with van der Waals surface area (Å²) in [7, 11) is 2.17. The molecule has 0 radical (unpaired) electrons. The summed E-state index contributed by atoms with van der Waals surface area (Å²) in [4.78, 5) is 1.33. The fraction of sp³-hybridized carbons (Fsp3) is 0.143. The van der Waals surface area contributed by atoms with Crippen LogP contribution in [0.5, 0.6) is 0 Å². The molecule has 0 saturated heterocycles. The average Bonchev–Trinajstić information content (AvgIpc) is 2.30. The second-order valence-electron chi connectivity index (χ2n) is 3.86. The molecule has 0 aliphatic carbocycles. The first-order valence-corrected chi connectivity index (χ1v) is 5.23. The molecule has 0 heterocycles. The lowest BCUT2D eigenvalue weighted by molar-refractivity contribution is -0.735. The molecular formula is C14H16IN. The van der Waals surface area contributed by atoms with E-state index in [1.807, 2.05) is 6.07 Å². The smallest absolute Gasteiger partial charge is 0.136 e. The zero-order chi connectivity index (χ0) is 10.7. The van der Waals surface area contributed by atoms with Crippen LogP contribution in [0.2, 0.25) is 0 Å². The highest BCUT2D eigenvalue weighted by Crippen LogP contribution is 2.07. The fourth-order valence-corrected chi connectivity index (χ4v) is 1.66. The van der Waals surface area contributed by atoms with Crippen LogP contribution in [0, 0.1) is 6.92 Å². The first kappa shape index (κ1) is 13.2. The van der Waals surface area contributed by atoms with E-state index < -0.39 is 0 Å². The number of para-hydroxylation sites is 1. The van der Waals surface area contributed by atoms with Gasteiger partial charge >= 0.3 is 0 Å². The van der Waals surface area contributed by atoms with E-state index in [0.29, 0.717) is 0 Å². The second kappa shape index (κ2) is 6.01. The Morgan fingerprint density at radius 3 is 1.81 bits per heavy atom. The van der Waals surface area contributed by atoms with Crippen molar-refractivity contribution >= 4 is 11.4 Å². The molecule has 1 N–H and O–H groups in total. The third-order valence-electron chi connectivity index (χ3n) is 2.69. The van der Waals surface area contributed by atoms with Crippen LogP contribution in [0.15, 0.2) is 54.6 Å². The van der Waals surface area contributed by atoms with E-state index in [1.54, 1.807) is 0 Å². The van der Waals surface area contributed by atoms with Crippen molar-refractivity contribution < 1.29 is 28.9 Å². The Hall–Kier alpha value is -0.870. The van der Waals surface area contributed by atoms with Gasteiger partial charge in [-0.25, -0.2) is 0 Å². The first-order valence-electron chi connectivity index (χ1n) is 5.23. The van der Waals surface area contributed by atoms with Gasteiger partial charge in [0.05, 0.1) is 7.05 Å². The Labute approximate surface area is 114 Å². The lowest BCUT2D eigenvalue weighted by Gasteiger charge is -2.12. The maximum absolute atomic E-state index is 2.18. The summed E-state index contributed by atoms with van der Waals surface area (Å²) in [6.45, 7) is 2.11. The maximum Gasteiger partial charge on any atom is 0.136 e. The molecule has 0 aliphatic rings. The maximum atomic E-state index is 2.18. The number of benzene rings is 2. The lowest BCUT2D eigenvalue weighted by atomic mass is 10.2. The molecule has 0 saturated carbocycles. The standard InChI is InChI=1S/C14H15N.HI/c1-12-8-10-14(11-9-12)15(2)13-6-4-3-5-7-13;/h3-11H,1-2H3;1H. The number of halogens is 1. The molecule has 2 aromatic carbocycles. The molecule has 16 heavy (non-hydrogen) atoms. The van der Waals surface area contributed by atoms with Gasteiger partial charge in [-0.1, -0.05) is 35.9 Å². The predicted octanol–water partition coefficient (Wildman–Crippen LogP) is -0.523. The normalized spacial score (nSPS) is 11.6. The van der Waals surface area contributed by atoms with Gasteiger partial charge < -0.3 is 24.0 Å².